The zero-order valence-corrected chi connectivity index (χ0v) is 13.9. The first-order valence-corrected chi connectivity index (χ1v) is 7.75. The molecular weight excluding hydrogens is 282 g/mol. The summed E-state index contributed by atoms with van der Waals surface area (Å²) in [6.07, 6.45) is -0.621. The van der Waals surface area contributed by atoms with Crippen molar-refractivity contribution in [3.8, 4) is 5.75 Å². The van der Waals surface area contributed by atoms with Crippen LogP contribution in [0.5, 0.6) is 5.75 Å². The van der Waals surface area contributed by atoms with E-state index in [2.05, 4.69) is 17.0 Å². The molecule has 1 aliphatic heterocycles. The van der Waals surface area contributed by atoms with Gasteiger partial charge in [0.05, 0.1) is 25.4 Å². The summed E-state index contributed by atoms with van der Waals surface area (Å²) in [5, 5.41) is 10.4. The number of rotatable bonds is 6. The molecule has 0 aromatic heterocycles. The van der Waals surface area contributed by atoms with Gasteiger partial charge < -0.3 is 19.3 Å². The standard InChI is InChI=1S/C17H27NO4/c1-12(2)22-14-7-5-13(6-8-14)9-18(3)15-10-21-11-16(20-4)17(15)19/h5-8,12,15-17,19H,9-11H2,1-4H3/t15-,16-,17+/m1/s1. The van der Waals surface area contributed by atoms with Gasteiger partial charge in [-0.1, -0.05) is 12.1 Å². The Morgan fingerprint density at radius 3 is 2.55 bits per heavy atom. The fraction of sp³-hybridized carbons (Fsp3) is 0.647. The van der Waals surface area contributed by atoms with Crippen LogP contribution in [-0.4, -0.2) is 61.7 Å². The van der Waals surface area contributed by atoms with E-state index < -0.39 is 6.10 Å². The van der Waals surface area contributed by atoms with Crippen molar-refractivity contribution in [1.82, 2.24) is 4.90 Å². The third-order valence-corrected chi connectivity index (χ3v) is 3.94. The first-order chi connectivity index (χ1) is 10.5. The van der Waals surface area contributed by atoms with Gasteiger partial charge in [-0.05, 0) is 38.6 Å². The van der Waals surface area contributed by atoms with E-state index in [9.17, 15) is 5.11 Å². The fourth-order valence-corrected chi connectivity index (χ4v) is 2.70. The normalized spacial score (nSPS) is 25.7. The summed E-state index contributed by atoms with van der Waals surface area (Å²) in [7, 11) is 3.60. The number of hydrogen-bond donors (Lipinski definition) is 1. The molecule has 0 unspecified atom stereocenters. The Morgan fingerprint density at radius 2 is 1.95 bits per heavy atom. The van der Waals surface area contributed by atoms with Crippen LogP contribution >= 0.6 is 0 Å². The lowest BCUT2D eigenvalue weighted by Crippen LogP contribution is -2.55. The largest absolute Gasteiger partial charge is 0.491 e. The third-order valence-electron chi connectivity index (χ3n) is 3.94. The lowest BCUT2D eigenvalue weighted by atomic mass is 10.0. The minimum Gasteiger partial charge on any atom is -0.491 e. The van der Waals surface area contributed by atoms with Crippen molar-refractivity contribution in [1.29, 1.82) is 0 Å². The van der Waals surface area contributed by atoms with Crippen molar-refractivity contribution in [3.05, 3.63) is 29.8 Å². The maximum Gasteiger partial charge on any atom is 0.119 e. The molecule has 1 fully saturated rings. The number of nitrogens with zero attached hydrogens (tertiary/aromatic N) is 1. The lowest BCUT2D eigenvalue weighted by molar-refractivity contribution is -0.142. The van der Waals surface area contributed by atoms with E-state index in [1.54, 1.807) is 7.11 Å². The molecule has 0 saturated carbocycles. The van der Waals surface area contributed by atoms with Crippen LogP contribution < -0.4 is 4.74 Å². The van der Waals surface area contributed by atoms with Gasteiger partial charge in [-0.15, -0.1) is 0 Å². The van der Waals surface area contributed by atoms with Gasteiger partial charge in [0.2, 0.25) is 0 Å². The Morgan fingerprint density at radius 1 is 1.27 bits per heavy atom. The number of aliphatic hydroxyl groups excluding tert-OH is 1. The maximum atomic E-state index is 10.4. The second-order valence-electron chi connectivity index (χ2n) is 6.10. The van der Waals surface area contributed by atoms with Gasteiger partial charge in [-0.3, -0.25) is 4.90 Å². The van der Waals surface area contributed by atoms with E-state index in [0.29, 0.717) is 13.2 Å². The average molecular weight is 309 g/mol. The summed E-state index contributed by atoms with van der Waals surface area (Å²) in [5.41, 5.74) is 1.17. The predicted molar refractivity (Wildman–Crippen MR) is 85.1 cm³/mol. The molecule has 2 rings (SSSR count). The summed E-state index contributed by atoms with van der Waals surface area (Å²) >= 11 is 0. The zero-order chi connectivity index (χ0) is 16.1. The second kappa shape index (κ2) is 7.92. The molecule has 1 heterocycles. The molecule has 1 aromatic rings. The van der Waals surface area contributed by atoms with Crippen molar-refractivity contribution in [2.45, 2.75) is 44.7 Å². The van der Waals surface area contributed by atoms with Crippen molar-refractivity contribution in [2.75, 3.05) is 27.4 Å². The summed E-state index contributed by atoms with van der Waals surface area (Å²) in [6, 6.07) is 8.00. The number of aliphatic hydroxyl groups is 1. The third kappa shape index (κ3) is 4.43. The summed E-state index contributed by atoms with van der Waals surface area (Å²) in [5.74, 6) is 0.877. The molecule has 124 valence electrons. The van der Waals surface area contributed by atoms with Crippen LogP contribution in [0.25, 0.3) is 0 Å². The van der Waals surface area contributed by atoms with Crippen LogP contribution in [0, 0.1) is 0 Å². The van der Waals surface area contributed by atoms with Gasteiger partial charge in [-0.25, -0.2) is 0 Å². The molecule has 1 N–H and O–H groups in total. The Bertz CT molecular complexity index is 448. The van der Waals surface area contributed by atoms with Crippen molar-refractivity contribution >= 4 is 0 Å². The Labute approximate surface area is 132 Å². The van der Waals surface area contributed by atoms with E-state index >= 15 is 0 Å². The lowest BCUT2D eigenvalue weighted by Gasteiger charge is -2.39. The molecule has 22 heavy (non-hydrogen) atoms. The maximum absolute atomic E-state index is 10.4. The molecule has 0 amide bonds. The smallest absolute Gasteiger partial charge is 0.119 e. The molecule has 0 aliphatic carbocycles. The van der Waals surface area contributed by atoms with Crippen molar-refractivity contribution in [2.24, 2.45) is 0 Å². The van der Waals surface area contributed by atoms with E-state index in [0.717, 1.165) is 12.3 Å². The van der Waals surface area contributed by atoms with E-state index in [-0.39, 0.29) is 18.2 Å². The van der Waals surface area contributed by atoms with Gasteiger partial charge in [0, 0.05) is 13.7 Å². The van der Waals surface area contributed by atoms with E-state index in [4.69, 9.17) is 14.2 Å². The number of likely N-dealkylation sites (N-methyl/N-ethyl adjacent to an activating group) is 1. The SMILES string of the molecule is CO[C@@H]1COC[C@@H](N(C)Cc2ccc(OC(C)C)cc2)[C@@H]1O. The summed E-state index contributed by atoms with van der Waals surface area (Å²) in [6.45, 7) is 5.73. The number of hydrogen-bond acceptors (Lipinski definition) is 5. The number of methoxy groups -OCH3 is 1. The topological polar surface area (TPSA) is 51.2 Å². The average Bonchev–Trinajstić information content (AvgIpc) is 2.49. The highest BCUT2D eigenvalue weighted by Gasteiger charge is 2.35. The van der Waals surface area contributed by atoms with E-state index in [1.807, 2.05) is 33.0 Å². The fourth-order valence-electron chi connectivity index (χ4n) is 2.70. The Kier molecular flexibility index (Phi) is 6.20. The first kappa shape index (κ1) is 17.2. The van der Waals surface area contributed by atoms with Gasteiger partial charge in [-0.2, -0.15) is 0 Å². The molecule has 0 spiro atoms. The van der Waals surface area contributed by atoms with Crippen molar-refractivity contribution in [3.63, 3.8) is 0 Å². The van der Waals surface area contributed by atoms with Gasteiger partial charge in [0.1, 0.15) is 18.0 Å². The van der Waals surface area contributed by atoms with Gasteiger partial charge in [0.25, 0.3) is 0 Å². The first-order valence-electron chi connectivity index (χ1n) is 7.75. The molecule has 1 aliphatic rings. The van der Waals surface area contributed by atoms with Gasteiger partial charge in [0.15, 0.2) is 0 Å². The van der Waals surface area contributed by atoms with Gasteiger partial charge >= 0.3 is 0 Å². The highest BCUT2D eigenvalue weighted by atomic mass is 16.5. The molecule has 5 nitrogen and oxygen atoms in total. The minimum atomic E-state index is -0.535. The highest BCUT2D eigenvalue weighted by molar-refractivity contribution is 5.27. The van der Waals surface area contributed by atoms with Crippen LogP contribution in [0.2, 0.25) is 0 Å². The van der Waals surface area contributed by atoms with Crippen LogP contribution in [-0.2, 0) is 16.0 Å². The molecule has 0 radical (unpaired) electrons. The second-order valence-corrected chi connectivity index (χ2v) is 6.10. The zero-order valence-electron chi connectivity index (χ0n) is 13.9. The van der Waals surface area contributed by atoms with Crippen LogP contribution in [0.4, 0.5) is 0 Å². The Balaban J connectivity index is 1.94. The number of ether oxygens (including phenoxy) is 3. The Hall–Kier alpha value is -1.14. The van der Waals surface area contributed by atoms with Crippen LogP contribution in [0.3, 0.4) is 0 Å². The molecule has 0 bridgehead atoms. The highest BCUT2D eigenvalue weighted by Crippen LogP contribution is 2.19. The predicted octanol–water partition coefficient (Wildman–Crippen LogP) is 1.68. The monoisotopic (exact) mass is 309 g/mol. The van der Waals surface area contributed by atoms with Crippen LogP contribution in [0.1, 0.15) is 19.4 Å². The van der Waals surface area contributed by atoms with E-state index in [1.165, 1.54) is 5.56 Å². The molecule has 1 aromatic carbocycles. The molecule has 1 saturated heterocycles. The summed E-state index contributed by atoms with van der Waals surface area (Å²) < 4.78 is 16.4. The molecule has 5 heteroatoms. The molecular formula is C17H27NO4. The van der Waals surface area contributed by atoms with Crippen molar-refractivity contribution < 1.29 is 19.3 Å². The number of benzene rings is 1. The quantitative estimate of drug-likeness (QED) is 0.866. The molecule has 3 atom stereocenters. The minimum absolute atomic E-state index is 0.0645. The summed E-state index contributed by atoms with van der Waals surface area (Å²) in [4.78, 5) is 2.11. The van der Waals surface area contributed by atoms with Crippen LogP contribution in [0.15, 0.2) is 24.3 Å².